The normalized spacial score (nSPS) is 16.9. The van der Waals surface area contributed by atoms with Crippen LogP contribution in [0.5, 0.6) is 0 Å². The minimum atomic E-state index is -2.85. The summed E-state index contributed by atoms with van der Waals surface area (Å²) in [4.78, 5) is 0. The van der Waals surface area contributed by atoms with E-state index in [1.54, 1.807) is 0 Å². The number of aliphatic hydroxyl groups excluding tert-OH is 1. The fraction of sp³-hybridized carbons (Fsp3) is 0.446. The van der Waals surface area contributed by atoms with Gasteiger partial charge in [0, 0.05) is 30.3 Å². The Labute approximate surface area is 435 Å². The lowest BCUT2D eigenvalue weighted by atomic mass is 9.76. The Kier molecular flexibility index (Phi) is 22.1. The quantitative estimate of drug-likeness (QED) is 0.0472. The average molecular weight is 991 g/mol. The maximum Gasteiger partial charge on any atom is 0.261 e. The Morgan fingerprint density at radius 2 is 0.694 bits per heavy atom. The Balaban J connectivity index is 1.34. The molecule has 0 heterocycles. The SMILES string of the molecule is CC[C@@H](O)[C@H](C)[C@H](OCc1ccccc1)[C@@H](C)[C@@H](OCc1ccccc1)[C@H](C)C[C@H](C)[C@H](OCc1ccccc1)[C@@H](C)[C@H](OCc1ccccc1)[C@@H](C)CO[Si](c1ccccc1)(c1ccccc1)C(C)(C)C. The second kappa shape index (κ2) is 28.1. The number of hydrogen-bond donors (Lipinski definition) is 1. The van der Waals surface area contributed by atoms with Crippen molar-refractivity contribution in [1.82, 2.24) is 0 Å². The van der Waals surface area contributed by atoms with Gasteiger partial charge in [0.2, 0.25) is 0 Å². The van der Waals surface area contributed by atoms with Crippen molar-refractivity contribution in [1.29, 1.82) is 0 Å². The molecule has 0 aliphatic heterocycles. The maximum atomic E-state index is 11.4. The first kappa shape index (κ1) is 56.6. The highest BCUT2D eigenvalue weighted by Gasteiger charge is 2.51. The lowest BCUT2D eigenvalue weighted by molar-refractivity contribution is -0.132. The fourth-order valence-electron chi connectivity index (χ4n) is 11.3. The van der Waals surface area contributed by atoms with Gasteiger partial charge in [-0.15, -0.1) is 0 Å². The lowest BCUT2D eigenvalue weighted by Gasteiger charge is -2.45. The molecule has 72 heavy (non-hydrogen) atoms. The molecule has 386 valence electrons. The number of hydrogen-bond acceptors (Lipinski definition) is 6. The molecule has 0 aromatic heterocycles. The van der Waals surface area contributed by atoms with E-state index in [0.29, 0.717) is 39.5 Å². The summed E-state index contributed by atoms with van der Waals surface area (Å²) >= 11 is 0. The van der Waals surface area contributed by atoms with Gasteiger partial charge in [0.25, 0.3) is 8.32 Å². The van der Waals surface area contributed by atoms with E-state index in [1.807, 2.05) is 19.1 Å². The molecule has 0 aliphatic carbocycles. The summed E-state index contributed by atoms with van der Waals surface area (Å²) in [5.41, 5.74) is 4.51. The van der Waals surface area contributed by atoms with Crippen LogP contribution in [0.1, 0.15) is 104 Å². The first-order valence-corrected chi connectivity index (χ1v) is 28.7. The largest absolute Gasteiger partial charge is 0.407 e. The zero-order chi connectivity index (χ0) is 51.5. The van der Waals surface area contributed by atoms with Gasteiger partial charge in [-0.05, 0) is 62.3 Å². The van der Waals surface area contributed by atoms with Crippen molar-refractivity contribution in [3.63, 3.8) is 0 Å². The second-order valence-corrected chi connectivity index (χ2v) is 26.0. The monoisotopic (exact) mass is 991 g/mol. The van der Waals surface area contributed by atoms with Crippen LogP contribution in [-0.4, -0.2) is 50.6 Å². The minimum absolute atomic E-state index is 0.00814. The molecule has 6 aromatic carbocycles. The number of benzene rings is 6. The van der Waals surface area contributed by atoms with E-state index in [9.17, 15) is 5.11 Å². The van der Waals surface area contributed by atoms with Crippen LogP contribution in [0.2, 0.25) is 5.04 Å². The number of aliphatic hydroxyl groups is 1. The number of ether oxygens (including phenoxy) is 4. The zero-order valence-electron chi connectivity index (χ0n) is 45.1. The molecule has 1 N–H and O–H groups in total. The van der Waals surface area contributed by atoms with Crippen molar-refractivity contribution in [3.05, 3.63) is 204 Å². The van der Waals surface area contributed by atoms with Gasteiger partial charge >= 0.3 is 0 Å². The summed E-state index contributed by atoms with van der Waals surface area (Å²) in [6.07, 6.45) is 0.141. The summed E-state index contributed by atoms with van der Waals surface area (Å²) in [6, 6.07) is 63.7. The van der Waals surface area contributed by atoms with Gasteiger partial charge in [-0.2, -0.15) is 0 Å². The Hall–Kier alpha value is -4.70. The first-order chi connectivity index (χ1) is 34.7. The van der Waals surface area contributed by atoms with Crippen molar-refractivity contribution in [2.45, 2.75) is 144 Å². The van der Waals surface area contributed by atoms with E-state index in [-0.39, 0.29) is 65.0 Å². The Morgan fingerprint density at radius 1 is 0.403 bits per heavy atom. The van der Waals surface area contributed by atoms with Crippen molar-refractivity contribution in [3.8, 4) is 0 Å². The van der Waals surface area contributed by atoms with Crippen LogP contribution in [-0.2, 0) is 49.8 Å². The van der Waals surface area contributed by atoms with Crippen molar-refractivity contribution >= 4 is 18.7 Å². The van der Waals surface area contributed by atoms with Crippen molar-refractivity contribution in [2.75, 3.05) is 6.61 Å². The summed E-state index contributed by atoms with van der Waals surface area (Å²) in [7, 11) is -2.85. The third-order valence-corrected chi connectivity index (χ3v) is 20.2. The molecule has 0 aliphatic rings. The van der Waals surface area contributed by atoms with Crippen LogP contribution >= 0.6 is 0 Å². The van der Waals surface area contributed by atoms with Crippen LogP contribution in [0.3, 0.4) is 0 Å². The molecule has 0 radical (unpaired) electrons. The third-order valence-electron chi connectivity index (χ3n) is 15.2. The molecule has 0 saturated carbocycles. The summed E-state index contributed by atoms with van der Waals surface area (Å²) < 4.78 is 36.1. The van der Waals surface area contributed by atoms with E-state index in [4.69, 9.17) is 23.4 Å². The van der Waals surface area contributed by atoms with Crippen molar-refractivity contribution < 1.29 is 28.5 Å². The minimum Gasteiger partial charge on any atom is -0.407 e. The van der Waals surface area contributed by atoms with E-state index in [1.165, 1.54) is 10.4 Å². The van der Waals surface area contributed by atoms with E-state index < -0.39 is 14.4 Å². The predicted molar refractivity (Wildman–Crippen MR) is 300 cm³/mol. The molecule has 6 rings (SSSR count). The molecule has 7 heteroatoms. The Bertz CT molecular complexity index is 2320. The predicted octanol–water partition coefficient (Wildman–Crippen LogP) is 13.9. The van der Waals surface area contributed by atoms with Crippen LogP contribution in [0.15, 0.2) is 182 Å². The Morgan fingerprint density at radius 3 is 1.01 bits per heavy atom. The summed E-state index contributed by atoms with van der Waals surface area (Å²) in [6.45, 7) is 25.2. The van der Waals surface area contributed by atoms with Crippen LogP contribution in [0, 0.1) is 35.5 Å². The van der Waals surface area contributed by atoms with Gasteiger partial charge in [-0.1, -0.05) is 251 Å². The highest BCUT2D eigenvalue weighted by atomic mass is 28.4. The molecule has 0 saturated heterocycles. The second-order valence-electron chi connectivity index (χ2n) is 21.7. The van der Waals surface area contributed by atoms with E-state index >= 15 is 0 Å². The molecule has 0 spiro atoms. The molecule has 0 bridgehead atoms. The number of rotatable bonds is 29. The highest BCUT2D eigenvalue weighted by Crippen LogP contribution is 2.39. The maximum absolute atomic E-state index is 11.4. The van der Waals surface area contributed by atoms with Gasteiger partial charge in [0.05, 0.1) is 56.9 Å². The van der Waals surface area contributed by atoms with Crippen molar-refractivity contribution in [2.24, 2.45) is 35.5 Å². The van der Waals surface area contributed by atoms with Crippen LogP contribution < -0.4 is 10.4 Å². The molecule has 0 fully saturated rings. The molecule has 11 atom stereocenters. The van der Waals surface area contributed by atoms with E-state index in [2.05, 4.69) is 232 Å². The fourth-order valence-corrected chi connectivity index (χ4v) is 16.0. The molecular weight excluding hydrogens is 905 g/mol. The van der Waals surface area contributed by atoms with Crippen LogP contribution in [0.4, 0.5) is 0 Å². The standard InChI is InChI=1S/C65H86O6Si/c1-11-60(66)51(5)64(70-47-57-36-24-15-25-37-57)53(7)62(68-45-55-32-20-13-21-33-55)49(3)42-48(2)61(67-44-54-30-18-12-19-31-54)52(6)63(69-46-56-34-22-14-23-35-56)50(4)43-71-72(65(8,9)10,58-38-26-16-27-39-58)59-40-28-17-29-41-59/h12-41,48-53,60-64,66H,11,42-47H2,1-10H3/t48-,49+,50-,51-,52+,53-,60+,61-,62-,63+,64-/m0/s1. The van der Waals surface area contributed by atoms with Gasteiger partial charge in [0.1, 0.15) is 0 Å². The summed E-state index contributed by atoms with van der Waals surface area (Å²) in [5.74, 6) is 0.0237. The molecule has 0 amide bonds. The average Bonchev–Trinajstić information content (AvgIpc) is 3.40. The smallest absolute Gasteiger partial charge is 0.261 e. The van der Waals surface area contributed by atoms with Gasteiger partial charge < -0.3 is 28.5 Å². The highest BCUT2D eigenvalue weighted by molar-refractivity contribution is 6.99. The van der Waals surface area contributed by atoms with Crippen LogP contribution in [0.25, 0.3) is 0 Å². The van der Waals surface area contributed by atoms with Gasteiger partial charge in [-0.3, -0.25) is 0 Å². The third kappa shape index (κ3) is 15.4. The van der Waals surface area contributed by atoms with Gasteiger partial charge in [0.15, 0.2) is 0 Å². The molecule has 6 aromatic rings. The molecule has 0 unspecified atom stereocenters. The first-order valence-electron chi connectivity index (χ1n) is 26.8. The lowest BCUT2D eigenvalue weighted by Crippen LogP contribution is -2.67. The van der Waals surface area contributed by atoms with E-state index in [0.717, 1.165) is 28.7 Å². The topological polar surface area (TPSA) is 66.4 Å². The molecular formula is C65H86O6Si. The zero-order valence-corrected chi connectivity index (χ0v) is 46.1. The summed E-state index contributed by atoms with van der Waals surface area (Å²) in [5, 5.41) is 13.8. The molecule has 6 nitrogen and oxygen atoms in total. The van der Waals surface area contributed by atoms with Gasteiger partial charge in [-0.25, -0.2) is 0 Å².